The SMILES string of the molecule is Cn1cc(C(=O)C2CCC(C)(C)C2=O)cn1. The smallest absolute Gasteiger partial charge is 0.176 e. The van der Waals surface area contributed by atoms with E-state index in [4.69, 9.17) is 0 Å². The summed E-state index contributed by atoms with van der Waals surface area (Å²) in [5.74, 6) is -0.468. The molecule has 0 amide bonds. The van der Waals surface area contributed by atoms with Crippen LogP contribution in [0.2, 0.25) is 0 Å². The van der Waals surface area contributed by atoms with E-state index in [1.54, 1.807) is 17.9 Å². The summed E-state index contributed by atoms with van der Waals surface area (Å²) >= 11 is 0. The molecular weight excluding hydrogens is 204 g/mol. The zero-order valence-electron chi connectivity index (χ0n) is 9.86. The van der Waals surface area contributed by atoms with Crippen LogP contribution in [0.1, 0.15) is 37.0 Å². The molecule has 86 valence electrons. The highest BCUT2D eigenvalue weighted by atomic mass is 16.2. The van der Waals surface area contributed by atoms with Gasteiger partial charge in [0.15, 0.2) is 5.78 Å². The van der Waals surface area contributed by atoms with Gasteiger partial charge in [-0.1, -0.05) is 13.8 Å². The summed E-state index contributed by atoms with van der Waals surface area (Å²) in [7, 11) is 1.76. The highest BCUT2D eigenvalue weighted by Crippen LogP contribution is 2.38. The van der Waals surface area contributed by atoms with E-state index < -0.39 is 5.92 Å². The first-order valence-corrected chi connectivity index (χ1v) is 5.49. The first kappa shape index (κ1) is 11.0. The minimum atomic E-state index is -0.459. The molecule has 1 unspecified atom stereocenters. The number of nitrogens with zero attached hydrogens (tertiary/aromatic N) is 2. The zero-order valence-corrected chi connectivity index (χ0v) is 9.86. The van der Waals surface area contributed by atoms with Crippen molar-refractivity contribution in [3.8, 4) is 0 Å². The molecule has 1 heterocycles. The van der Waals surface area contributed by atoms with Gasteiger partial charge < -0.3 is 0 Å². The number of Topliss-reactive ketones (excluding diaryl/α,β-unsaturated/α-hetero) is 2. The third-order valence-electron chi connectivity index (χ3n) is 3.35. The van der Waals surface area contributed by atoms with Gasteiger partial charge in [0.1, 0.15) is 5.78 Å². The van der Waals surface area contributed by atoms with Crippen molar-refractivity contribution in [2.45, 2.75) is 26.7 Å². The van der Waals surface area contributed by atoms with Gasteiger partial charge in [0.2, 0.25) is 0 Å². The lowest BCUT2D eigenvalue weighted by molar-refractivity contribution is -0.126. The molecule has 0 N–H and O–H groups in total. The fraction of sp³-hybridized carbons (Fsp3) is 0.583. The molecule has 1 aliphatic carbocycles. The molecule has 0 aromatic carbocycles. The van der Waals surface area contributed by atoms with E-state index in [9.17, 15) is 9.59 Å². The lowest BCUT2D eigenvalue weighted by atomic mass is 9.87. The molecule has 1 saturated carbocycles. The largest absolute Gasteiger partial charge is 0.298 e. The van der Waals surface area contributed by atoms with Gasteiger partial charge in [0.25, 0.3) is 0 Å². The Morgan fingerprint density at radius 1 is 1.56 bits per heavy atom. The monoisotopic (exact) mass is 220 g/mol. The summed E-state index contributed by atoms with van der Waals surface area (Å²) < 4.78 is 1.58. The van der Waals surface area contributed by atoms with E-state index in [1.165, 1.54) is 6.20 Å². The lowest BCUT2D eigenvalue weighted by Crippen LogP contribution is -2.26. The Morgan fingerprint density at radius 3 is 2.69 bits per heavy atom. The van der Waals surface area contributed by atoms with Crippen LogP contribution in [0.3, 0.4) is 0 Å². The molecule has 0 bridgehead atoms. The summed E-state index contributed by atoms with van der Waals surface area (Å²) in [5.41, 5.74) is 0.196. The van der Waals surface area contributed by atoms with Crippen molar-refractivity contribution in [2.24, 2.45) is 18.4 Å². The van der Waals surface area contributed by atoms with E-state index in [0.717, 1.165) is 6.42 Å². The zero-order chi connectivity index (χ0) is 11.9. The minimum absolute atomic E-state index is 0.0707. The van der Waals surface area contributed by atoms with Crippen molar-refractivity contribution in [3.05, 3.63) is 18.0 Å². The van der Waals surface area contributed by atoms with Crippen molar-refractivity contribution in [1.82, 2.24) is 9.78 Å². The Kier molecular flexibility index (Phi) is 2.45. The Hall–Kier alpha value is -1.45. The molecule has 16 heavy (non-hydrogen) atoms. The van der Waals surface area contributed by atoms with Gasteiger partial charge in [-0.15, -0.1) is 0 Å². The quantitative estimate of drug-likeness (QED) is 0.562. The van der Waals surface area contributed by atoms with Crippen molar-refractivity contribution in [2.75, 3.05) is 0 Å². The molecular formula is C12H16N2O2. The van der Waals surface area contributed by atoms with Crippen LogP contribution in [0.15, 0.2) is 12.4 Å². The van der Waals surface area contributed by atoms with Crippen LogP contribution in [0.25, 0.3) is 0 Å². The molecule has 1 atom stereocenters. The first-order valence-electron chi connectivity index (χ1n) is 5.49. The number of carbonyl (C=O) groups is 2. The Labute approximate surface area is 94.6 Å². The van der Waals surface area contributed by atoms with Crippen LogP contribution in [-0.2, 0) is 11.8 Å². The van der Waals surface area contributed by atoms with Crippen LogP contribution in [0.4, 0.5) is 0 Å². The van der Waals surface area contributed by atoms with Gasteiger partial charge in [-0.3, -0.25) is 14.3 Å². The van der Waals surface area contributed by atoms with E-state index in [0.29, 0.717) is 12.0 Å². The van der Waals surface area contributed by atoms with Gasteiger partial charge >= 0.3 is 0 Å². The molecule has 1 aromatic rings. The number of hydrogen-bond donors (Lipinski definition) is 0. The fourth-order valence-corrected chi connectivity index (χ4v) is 2.23. The van der Waals surface area contributed by atoms with Crippen LogP contribution in [0.5, 0.6) is 0 Å². The second-order valence-electron chi connectivity index (χ2n) is 5.11. The summed E-state index contributed by atoms with van der Waals surface area (Å²) in [4.78, 5) is 24.1. The number of hydrogen-bond acceptors (Lipinski definition) is 3. The maximum Gasteiger partial charge on any atom is 0.176 e. The fourth-order valence-electron chi connectivity index (χ4n) is 2.23. The second-order valence-corrected chi connectivity index (χ2v) is 5.11. The lowest BCUT2D eigenvalue weighted by Gasteiger charge is -2.14. The Morgan fingerprint density at radius 2 is 2.25 bits per heavy atom. The van der Waals surface area contributed by atoms with Crippen LogP contribution < -0.4 is 0 Å². The number of carbonyl (C=O) groups excluding carboxylic acids is 2. The van der Waals surface area contributed by atoms with E-state index in [-0.39, 0.29) is 17.0 Å². The number of aromatic nitrogens is 2. The molecule has 0 spiro atoms. The summed E-state index contributed by atoms with van der Waals surface area (Å²) in [6.45, 7) is 3.82. The summed E-state index contributed by atoms with van der Waals surface area (Å²) in [6, 6.07) is 0. The van der Waals surface area contributed by atoms with Crippen molar-refractivity contribution in [1.29, 1.82) is 0 Å². The van der Waals surface area contributed by atoms with E-state index in [1.807, 2.05) is 13.8 Å². The third-order valence-corrected chi connectivity index (χ3v) is 3.35. The molecule has 4 nitrogen and oxygen atoms in total. The predicted octanol–water partition coefficient (Wildman–Crippen LogP) is 1.61. The van der Waals surface area contributed by atoms with Crippen LogP contribution >= 0.6 is 0 Å². The Bertz CT molecular complexity index is 446. The van der Waals surface area contributed by atoms with Crippen LogP contribution in [0, 0.1) is 11.3 Å². The first-order chi connectivity index (χ1) is 7.42. The van der Waals surface area contributed by atoms with E-state index >= 15 is 0 Å². The maximum absolute atomic E-state index is 12.1. The highest BCUT2D eigenvalue weighted by Gasteiger charge is 2.44. The molecule has 4 heteroatoms. The standard InChI is InChI=1S/C12H16N2O2/c1-12(2)5-4-9(11(12)16)10(15)8-6-13-14(3)7-8/h6-7,9H,4-5H2,1-3H3. The van der Waals surface area contributed by atoms with Gasteiger partial charge in [-0.2, -0.15) is 5.10 Å². The molecule has 0 radical (unpaired) electrons. The molecule has 1 fully saturated rings. The van der Waals surface area contributed by atoms with Gasteiger partial charge in [0.05, 0.1) is 17.7 Å². The van der Waals surface area contributed by atoms with Gasteiger partial charge in [0, 0.05) is 18.7 Å². The van der Waals surface area contributed by atoms with Crippen molar-refractivity contribution >= 4 is 11.6 Å². The number of aryl methyl sites for hydroxylation is 1. The van der Waals surface area contributed by atoms with Crippen LogP contribution in [-0.4, -0.2) is 21.3 Å². The van der Waals surface area contributed by atoms with Gasteiger partial charge in [-0.25, -0.2) is 0 Å². The Balaban J connectivity index is 2.22. The normalized spacial score (nSPS) is 23.7. The number of rotatable bonds is 2. The van der Waals surface area contributed by atoms with Gasteiger partial charge in [-0.05, 0) is 12.8 Å². The van der Waals surface area contributed by atoms with Crippen molar-refractivity contribution < 1.29 is 9.59 Å². The third kappa shape index (κ3) is 1.68. The average Bonchev–Trinajstić information content (AvgIpc) is 2.73. The highest BCUT2D eigenvalue weighted by molar-refractivity contribution is 6.12. The van der Waals surface area contributed by atoms with Crippen molar-refractivity contribution in [3.63, 3.8) is 0 Å². The molecule has 0 aliphatic heterocycles. The van der Waals surface area contributed by atoms with E-state index in [2.05, 4.69) is 5.10 Å². The maximum atomic E-state index is 12.1. The summed E-state index contributed by atoms with van der Waals surface area (Å²) in [5, 5.41) is 3.96. The topological polar surface area (TPSA) is 52.0 Å². The average molecular weight is 220 g/mol. The predicted molar refractivity (Wildman–Crippen MR) is 59.1 cm³/mol. The molecule has 1 aliphatic rings. The summed E-state index contributed by atoms with van der Waals surface area (Å²) in [6.07, 6.45) is 4.66. The molecule has 0 saturated heterocycles. The minimum Gasteiger partial charge on any atom is -0.298 e. The molecule has 2 rings (SSSR count). The molecule has 1 aromatic heterocycles. The number of ketones is 2. The second kappa shape index (κ2) is 3.54.